The number of nitro groups is 1. The molecule has 1 aromatic rings. The molecule has 7 nitrogen and oxygen atoms in total. The Hall–Kier alpha value is -2.44. The summed E-state index contributed by atoms with van der Waals surface area (Å²) in [6, 6.07) is 4.70. The van der Waals surface area contributed by atoms with Crippen LogP contribution in [0.5, 0.6) is 0 Å². The monoisotopic (exact) mass is 253 g/mol. The zero-order chi connectivity index (χ0) is 13.9. The number of hydrogen-bond donors (Lipinski definition) is 1. The van der Waals surface area contributed by atoms with Gasteiger partial charge in [-0.2, -0.15) is 0 Å². The summed E-state index contributed by atoms with van der Waals surface area (Å²) < 4.78 is 4.78. The first-order valence-corrected chi connectivity index (χ1v) is 4.95. The van der Waals surface area contributed by atoms with Gasteiger partial charge in [-0.25, -0.2) is 9.59 Å². The molecular weight excluding hydrogens is 242 g/mol. The molecule has 0 atom stereocenters. The Morgan fingerprint density at radius 3 is 2.17 bits per heavy atom. The smallest absolute Gasteiger partial charge is 0.347 e. The molecule has 1 rings (SSSR count). The van der Waals surface area contributed by atoms with E-state index in [2.05, 4.69) is 0 Å². The van der Waals surface area contributed by atoms with Crippen LogP contribution in [0.15, 0.2) is 24.3 Å². The van der Waals surface area contributed by atoms with E-state index in [1.807, 2.05) is 0 Å². The molecule has 18 heavy (non-hydrogen) atoms. The van der Waals surface area contributed by atoms with E-state index in [4.69, 9.17) is 9.84 Å². The van der Waals surface area contributed by atoms with Gasteiger partial charge in [-0.1, -0.05) is 0 Å². The molecule has 96 valence electrons. The van der Waals surface area contributed by atoms with Crippen molar-refractivity contribution in [2.75, 3.05) is 0 Å². The maximum absolute atomic E-state index is 11.6. The lowest BCUT2D eigenvalue weighted by Crippen LogP contribution is -2.37. The third-order valence-corrected chi connectivity index (χ3v) is 2.18. The van der Waals surface area contributed by atoms with Crippen molar-refractivity contribution in [1.82, 2.24) is 0 Å². The number of nitro benzene ring substituents is 1. The van der Waals surface area contributed by atoms with Gasteiger partial charge >= 0.3 is 11.9 Å². The average Bonchev–Trinajstić information content (AvgIpc) is 2.28. The van der Waals surface area contributed by atoms with Crippen molar-refractivity contribution in [3.63, 3.8) is 0 Å². The Bertz CT molecular complexity index is 491. The van der Waals surface area contributed by atoms with Crippen molar-refractivity contribution in [3.05, 3.63) is 39.9 Å². The molecule has 0 saturated carbocycles. The van der Waals surface area contributed by atoms with E-state index in [1.165, 1.54) is 26.0 Å². The number of nitrogens with zero attached hydrogens (tertiary/aromatic N) is 1. The summed E-state index contributed by atoms with van der Waals surface area (Å²) >= 11 is 0. The van der Waals surface area contributed by atoms with Crippen LogP contribution in [0.4, 0.5) is 5.69 Å². The quantitative estimate of drug-likeness (QED) is 0.496. The van der Waals surface area contributed by atoms with E-state index in [0.717, 1.165) is 12.1 Å². The van der Waals surface area contributed by atoms with Gasteiger partial charge in [-0.3, -0.25) is 10.1 Å². The van der Waals surface area contributed by atoms with E-state index < -0.39 is 22.5 Å². The lowest BCUT2D eigenvalue weighted by Gasteiger charge is -2.19. The number of carboxylic acids is 1. The highest BCUT2D eigenvalue weighted by Crippen LogP contribution is 2.16. The molecule has 0 amide bonds. The predicted molar refractivity (Wildman–Crippen MR) is 60.2 cm³/mol. The molecule has 1 N–H and O–H groups in total. The summed E-state index contributed by atoms with van der Waals surface area (Å²) in [5.41, 5.74) is -1.77. The first kappa shape index (κ1) is 13.6. The number of esters is 1. The molecule has 0 radical (unpaired) electrons. The number of rotatable bonds is 4. The van der Waals surface area contributed by atoms with Crippen LogP contribution < -0.4 is 0 Å². The molecule has 0 aliphatic carbocycles. The second-order valence-corrected chi connectivity index (χ2v) is 4.01. The summed E-state index contributed by atoms with van der Waals surface area (Å²) in [6.07, 6.45) is 0. The van der Waals surface area contributed by atoms with Crippen molar-refractivity contribution in [3.8, 4) is 0 Å². The largest absolute Gasteiger partial charge is 0.478 e. The van der Waals surface area contributed by atoms with Crippen LogP contribution in [-0.4, -0.2) is 27.6 Å². The van der Waals surface area contributed by atoms with Crippen molar-refractivity contribution in [2.24, 2.45) is 0 Å². The van der Waals surface area contributed by atoms with Crippen molar-refractivity contribution < 1.29 is 24.4 Å². The van der Waals surface area contributed by atoms with Crippen LogP contribution in [0.3, 0.4) is 0 Å². The van der Waals surface area contributed by atoms with Gasteiger partial charge in [0.2, 0.25) is 5.60 Å². The second kappa shape index (κ2) is 4.82. The first-order chi connectivity index (χ1) is 8.24. The number of non-ortho nitro benzene ring substituents is 1. The van der Waals surface area contributed by atoms with E-state index in [-0.39, 0.29) is 11.3 Å². The van der Waals surface area contributed by atoms with E-state index in [1.54, 1.807) is 0 Å². The second-order valence-electron chi connectivity index (χ2n) is 4.01. The number of carboxylic acid groups (broad SMARTS) is 1. The van der Waals surface area contributed by atoms with Gasteiger partial charge in [0, 0.05) is 12.1 Å². The molecule has 0 saturated heterocycles. The van der Waals surface area contributed by atoms with E-state index >= 15 is 0 Å². The number of ether oxygens (including phenoxy) is 1. The van der Waals surface area contributed by atoms with E-state index in [0.29, 0.717) is 0 Å². The number of benzene rings is 1. The number of carbonyl (C=O) groups is 2. The zero-order valence-corrected chi connectivity index (χ0v) is 9.75. The van der Waals surface area contributed by atoms with Crippen LogP contribution >= 0.6 is 0 Å². The zero-order valence-electron chi connectivity index (χ0n) is 9.75. The first-order valence-electron chi connectivity index (χ1n) is 4.95. The van der Waals surface area contributed by atoms with Gasteiger partial charge < -0.3 is 9.84 Å². The van der Waals surface area contributed by atoms with Crippen LogP contribution in [0.1, 0.15) is 24.2 Å². The minimum Gasteiger partial charge on any atom is -0.478 e. The molecule has 0 heterocycles. The topological polar surface area (TPSA) is 107 Å². The van der Waals surface area contributed by atoms with Crippen LogP contribution in [-0.2, 0) is 9.53 Å². The fourth-order valence-corrected chi connectivity index (χ4v) is 1.05. The van der Waals surface area contributed by atoms with Gasteiger partial charge in [0.25, 0.3) is 5.69 Å². The third kappa shape index (κ3) is 3.03. The maximum Gasteiger partial charge on any atom is 0.347 e. The molecule has 7 heteroatoms. The third-order valence-electron chi connectivity index (χ3n) is 2.18. The number of carbonyl (C=O) groups excluding carboxylic acids is 1. The standard InChI is InChI=1S/C11H11NO6/c1-11(2,10(14)15)18-9(13)7-3-5-8(6-4-7)12(16)17/h3-6H,1-2H3,(H,14,15). The fraction of sp³-hybridized carbons (Fsp3) is 0.273. The summed E-state index contributed by atoms with van der Waals surface area (Å²) in [5.74, 6) is -2.13. The molecule has 1 aromatic carbocycles. The lowest BCUT2D eigenvalue weighted by molar-refractivity contribution is -0.384. The Morgan fingerprint density at radius 2 is 1.78 bits per heavy atom. The van der Waals surface area contributed by atoms with Gasteiger partial charge in [-0.05, 0) is 26.0 Å². The summed E-state index contributed by atoms with van der Waals surface area (Å²) in [6.45, 7) is 2.47. The minimum absolute atomic E-state index is 0.0509. The van der Waals surface area contributed by atoms with Crippen molar-refractivity contribution in [1.29, 1.82) is 0 Å². The lowest BCUT2D eigenvalue weighted by atomic mass is 10.1. The SMILES string of the molecule is CC(C)(OC(=O)c1ccc([N+](=O)[O-])cc1)C(=O)O. The number of aliphatic carboxylic acids is 1. The maximum atomic E-state index is 11.6. The highest BCUT2D eigenvalue weighted by atomic mass is 16.6. The van der Waals surface area contributed by atoms with Gasteiger partial charge in [0.05, 0.1) is 10.5 Å². The molecule has 0 aliphatic heterocycles. The fourth-order valence-electron chi connectivity index (χ4n) is 1.05. The van der Waals surface area contributed by atoms with Crippen molar-refractivity contribution >= 4 is 17.6 Å². The predicted octanol–water partition coefficient (Wildman–Crippen LogP) is 1.61. The number of hydrogen-bond acceptors (Lipinski definition) is 5. The van der Waals surface area contributed by atoms with Gasteiger partial charge in [0.15, 0.2) is 0 Å². The summed E-state index contributed by atoms with van der Waals surface area (Å²) in [5, 5.41) is 19.2. The molecule has 0 unspecified atom stereocenters. The summed E-state index contributed by atoms with van der Waals surface area (Å²) in [4.78, 5) is 32.2. The summed E-state index contributed by atoms with van der Waals surface area (Å²) in [7, 11) is 0. The Morgan fingerprint density at radius 1 is 1.28 bits per heavy atom. The molecule has 0 aromatic heterocycles. The molecule has 0 spiro atoms. The molecule has 0 bridgehead atoms. The molecule has 0 fully saturated rings. The Balaban J connectivity index is 2.86. The highest BCUT2D eigenvalue weighted by molar-refractivity contribution is 5.92. The normalized spacial score (nSPS) is 10.8. The molecular formula is C11H11NO6. The van der Waals surface area contributed by atoms with Crippen LogP contribution in [0.25, 0.3) is 0 Å². The van der Waals surface area contributed by atoms with Gasteiger partial charge in [-0.15, -0.1) is 0 Å². The Kier molecular flexibility index (Phi) is 3.65. The average molecular weight is 253 g/mol. The Labute approximate surface area is 102 Å². The van der Waals surface area contributed by atoms with Gasteiger partial charge in [0.1, 0.15) is 0 Å². The van der Waals surface area contributed by atoms with Crippen LogP contribution in [0, 0.1) is 10.1 Å². The van der Waals surface area contributed by atoms with E-state index in [9.17, 15) is 19.7 Å². The minimum atomic E-state index is -1.65. The van der Waals surface area contributed by atoms with Crippen LogP contribution in [0.2, 0.25) is 0 Å². The highest BCUT2D eigenvalue weighted by Gasteiger charge is 2.32. The molecule has 0 aliphatic rings. The van der Waals surface area contributed by atoms with Crippen molar-refractivity contribution in [2.45, 2.75) is 19.4 Å².